The van der Waals surface area contributed by atoms with Crippen molar-refractivity contribution in [2.45, 2.75) is 83.6 Å². The monoisotopic (exact) mass is 848 g/mol. The van der Waals surface area contributed by atoms with Gasteiger partial charge in [0.25, 0.3) is 6.29 Å². The Bertz CT molecular complexity index is 2180. The fraction of sp³-hybridized carbons (Fsp3) is 0.375. The fourth-order valence-corrected chi connectivity index (χ4v) is 7.87. The Hall–Kier alpha value is -6.70. The van der Waals surface area contributed by atoms with Crippen molar-refractivity contribution in [2.75, 3.05) is 19.8 Å². The number of esters is 3. The van der Waals surface area contributed by atoms with E-state index in [0.717, 1.165) is 44.5 Å². The molecule has 2 aliphatic carbocycles. The third kappa shape index (κ3) is 10.6. The van der Waals surface area contributed by atoms with Crippen LogP contribution in [0.3, 0.4) is 0 Å². The van der Waals surface area contributed by atoms with Gasteiger partial charge in [0.2, 0.25) is 0 Å². The largest absolute Gasteiger partial charge is 0.481 e. The third-order valence-electron chi connectivity index (χ3n) is 11.6. The Labute approximate surface area is 360 Å². The predicted molar refractivity (Wildman–Crippen MR) is 227 cm³/mol. The number of carboxylic acids is 1. The predicted octanol–water partition coefficient (Wildman–Crippen LogP) is 7.71. The standard InChI is InChI=1S/C48H52N2O12/c1-5-28(3)43(49-47(56)59-26-38-34-19-11-7-15-30(34)31-16-8-12-20-35(31)38)45(54)58-24-23-42(61-41(53)25-40(51)52)62-46(55)44(29(4)6-2)50-48(57)60-27-39-36-21-13-9-17-32(36)33-18-10-14-22-37(33)39/h7-22,28-29,38-39,42-44H,5-6,23-27H2,1-4H3,(H,49,56)(H,50,57)(H,51,52)/t28-,29-,42?,43-,44-/m0/s1. The van der Waals surface area contributed by atoms with Crippen LogP contribution in [0.4, 0.5) is 9.59 Å². The zero-order valence-electron chi connectivity index (χ0n) is 35.2. The van der Waals surface area contributed by atoms with E-state index in [-0.39, 0.29) is 37.4 Å². The molecule has 62 heavy (non-hydrogen) atoms. The Morgan fingerprint density at radius 2 is 0.952 bits per heavy atom. The van der Waals surface area contributed by atoms with E-state index < -0.39 is 73.4 Å². The number of fused-ring (bicyclic) bond motifs is 6. The Morgan fingerprint density at radius 3 is 1.34 bits per heavy atom. The molecule has 0 aromatic heterocycles. The van der Waals surface area contributed by atoms with Crippen LogP contribution >= 0.6 is 0 Å². The fourth-order valence-electron chi connectivity index (χ4n) is 7.87. The van der Waals surface area contributed by atoms with Crippen LogP contribution in [0.15, 0.2) is 97.1 Å². The number of carbonyl (C=O) groups is 6. The summed E-state index contributed by atoms with van der Waals surface area (Å²) in [5, 5.41) is 14.4. The number of hydrogen-bond donors (Lipinski definition) is 3. The molecule has 0 saturated carbocycles. The van der Waals surface area contributed by atoms with Gasteiger partial charge in [-0.25, -0.2) is 19.2 Å². The van der Waals surface area contributed by atoms with Crippen molar-refractivity contribution in [1.82, 2.24) is 10.6 Å². The Kier molecular flexibility index (Phi) is 15.0. The highest BCUT2D eigenvalue weighted by molar-refractivity contribution is 5.90. The molecule has 1 unspecified atom stereocenters. The number of nitrogens with one attached hydrogen (secondary N) is 2. The van der Waals surface area contributed by atoms with Crippen molar-refractivity contribution in [3.05, 3.63) is 119 Å². The van der Waals surface area contributed by atoms with E-state index in [4.69, 9.17) is 28.8 Å². The number of carbonyl (C=O) groups excluding carboxylic acids is 5. The van der Waals surface area contributed by atoms with Crippen LogP contribution in [0.1, 0.15) is 87.5 Å². The van der Waals surface area contributed by atoms with Gasteiger partial charge in [0.15, 0.2) is 0 Å². The molecule has 0 spiro atoms. The minimum Gasteiger partial charge on any atom is -0.481 e. The van der Waals surface area contributed by atoms with E-state index in [1.54, 1.807) is 20.8 Å². The van der Waals surface area contributed by atoms with Crippen LogP contribution in [0.5, 0.6) is 0 Å². The molecule has 0 bridgehead atoms. The zero-order valence-corrected chi connectivity index (χ0v) is 35.2. The second-order valence-corrected chi connectivity index (χ2v) is 15.5. The normalized spacial score (nSPS) is 14.9. The summed E-state index contributed by atoms with van der Waals surface area (Å²) in [6, 6.07) is 29.1. The van der Waals surface area contributed by atoms with Crippen molar-refractivity contribution in [3.8, 4) is 22.3 Å². The van der Waals surface area contributed by atoms with Gasteiger partial charge in [-0.1, -0.05) is 138 Å². The molecule has 0 fully saturated rings. The maximum absolute atomic E-state index is 13.7. The molecule has 326 valence electrons. The third-order valence-corrected chi connectivity index (χ3v) is 11.6. The van der Waals surface area contributed by atoms with E-state index in [2.05, 4.69) is 10.6 Å². The second kappa shape index (κ2) is 20.7. The second-order valence-electron chi connectivity index (χ2n) is 15.5. The Balaban J connectivity index is 1.05. The molecule has 4 aromatic carbocycles. The quantitative estimate of drug-likeness (QED) is 0.0361. The van der Waals surface area contributed by atoms with Crippen molar-refractivity contribution < 1.29 is 57.6 Å². The lowest BCUT2D eigenvalue weighted by molar-refractivity contribution is -0.193. The molecule has 14 heteroatoms. The van der Waals surface area contributed by atoms with E-state index in [9.17, 15) is 28.8 Å². The molecule has 6 rings (SSSR count). The topological polar surface area (TPSA) is 193 Å². The Morgan fingerprint density at radius 1 is 0.565 bits per heavy atom. The average Bonchev–Trinajstić information content (AvgIpc) is 3.77. The van der Waals surface area contributed by atoms with E-state index in [0.29, 0.717) is 12.8 Å². The number of amides is 2. The molecule has 0 radical (unpaired) electrons. The van der Waals surface area contributed by atoms with Crippen molar-refractivity contribution in [1.29, 1.82) is 0 Å². The van der Waals surface area contributed by atoms with Gasteiger partial charge < -0.3 is 39.4 Å². The number of alkyl carbamates (subject to hydrolysis) is 2. The summed E-state index contributed by atoms with van der Waals surface area (Å²) in [6.07, 6.45) is -3.89. The van der Waals surface area contributed by atoms with Gasteiger partial charge in [0.1, 0.15) is 31.7 Å². The number of hydrogen-bond acceptors (Lipinski definition) is 11. The zero-order chi connectivity index (χ0) is 44.3. The minimum absolute atomic E-state index is 0.00325. The highest BCUT2D eigenvalue weighted by atomic mass is 16.7. The maximum atomic E-state index is 13.7. The first-order valence-corrected chi connectivity index (χ1v) is 20.9. The summed E-state index contributed by atoms with van der Waals surface area (Å²) in [6.45, 7) is 6.68. The molecule has 0 saturated heterocycles. The molecule has 4 aromatic rings. The molecule has 0 aliphatic heterocycles. The number of carboxylic acid groups (broad SMARTS) is 1. The summed E-state index contributed by atoms with van der Waals surface area (Å²) in [5.41, 5.74) is 8.31. The number of aliphatic carboxylic acids is 1. The van der Waals surface area contributed by atoms with Crippen molar-refractivity contribution in [2.24, 2.45) is 11.8 Å². The summed E-state index contributed by atoms with van der Waals surface area (Å²) in [5.74, 6) is -5.76. The average molecular weight is 849 g/mol. The molecular weight excluding hydrogens is 797 g/mol. The van der Waals surface area contributed by atoms with Gasteiger partial charge in [-0.15, -0.1) is 0 Å². The summed E-state index contributed by atoms with van der Waals surface area (Å²) in [7, 11) is 0. The van der Waals surface area contributed by atoms with Crippen LogP contribution in [0.2, 0.25) is 0 Å². The maximum Gasteiger partial charge on any atom is 0.407 e. The first-order valence-electron chi connectivity index (χ1n) is 20.9. The van der Waals surface area contributed by atoms with Gasteiger partial charge in [0, 0.05) is 11.8 Å². The van der Waals surface area contributed by atoms with Crippen LogP contribution in [0, 0.1) is 11.8 Å². The molecule has 14 nitrogen and oxygen atoms in total. The summed E-state index contributed by atoms with van der Waals surface area (Å²) in [4.78, 5) is 77.2. The van der Waals surface area contributed by atoms with Gasteiger partial charge in [-0.2, -0.15) is 0 Å². The van der Waals surface area contributed by atoms with Gasteiger partial charge >= 0.3 is 36.1 Å². The highest BCUT2D eigenvalue weighted by Gasteiger charge is 2.35. The van der Waals surface area contributed by atoms with E-state index >= 15 is 0 Å². The number of ether oxygens (including phenoxy) is 5. The lowest BCUT2D eigenvalue weighted by Gasteiger charge is -2.26. The molecule has 2 amide bonds. The molecule has 2 aliphatic rings. The van der Waals surface area contributed by atoms with Crippen LogP contribution < -0.4 is 10.6 Å². The number of rotatable bonds is 19. The lowest BCUT2D eigenvalue weighted by atomic mass is 9.98. The van der Waals surface area contributed by atoms with E-state index in [1.165, 1.54) is 0 Å². The first-order chi connectivity index (χ1) is 29.9. The number of benzene rings is 4. The molecule has 3 N–H and O–H groups in total. The smallest absolute Gasteiger partial charge is 0.407 e. The summed E-state index contributed by atoms with van der Waals surface area (Å²) < 4.78 is 27.6. The van der Waals surface area contributed by atoms with Crippen molar-refractivity contribution in [3.63, 3.8) is 0 Å². The van der Waals surface area contributed by atoms with E-state index in [1.807, 2.05) is 104 Å². The van der Waals surface area contributed by atoms with Crippen LogP contribution in [-0.4, -0.2) is 79.4 Å². The summed E-state index contributed by atoms with van der Waals surface area (Å²) >= 11 is 0. The minimum atomic E-state index is -1.70. The SMILES string of the molecule is CC[C@H](C)[C@H](NC(=O)OCC1c2ccccc2-c2ccccc21)C(=O)OCCC(OC(=O)CC(=O)O)OC(=O)[C@@H](NC(=O)OCC1c2ccccc2-c2ccccc21)[C@@H](C)CC. The molecule has 0 heterocycles. The lowest BCUT2D eigenvalue weighted by Crippen LogP contribution is -2.48. The molecule has 5 atom stereocenters. The highest BCUT2D eigenvalue weighted by Crippen LogP contribution is 2.45. The van der Waals surface area contributed by atoms with Gasteiger partial charge in [-0.05, 0) is 56.3 Å². The van der Waals surface area contributed by atoms with Crippen LogP contribution in [0.25, 0.3) is 22.3 Å². The van der Waals surface area contributed by atoms with Crippen molar-refractivity contribution >= 4 is 36.1 Å². The van der Waals surface area contributed by atoms with Gasteiger partial charge in [-0.3, -0.25) is 9.59 Å². The van der Waals surface area contributed by atoms with Crippen LogP contribution in [-0.2, 0) is 42.9 Å². The van der Waals surface area contributed by atoms with Gasteiger partial charge in [0.05, 0.1) is 13.0 Å². The molecular formula is C48H52N2O12. The first kappa shape index (κ1) is 44.8.